The van der Waals surface area contributed by atoms with E-state index in [4.69, 9.17) is 9.47 Å². The zero-order chi connectivity index (χ0) is 34.4. The van der Waals surface area contributed by atoms with Gasteiger partial charge in [0.1, 0.15) is 36.9 Å². The number of carbonyl (C=O) groups excluding carboxylic acids is 3. The molecule has 2 aromatic heterocycles. The summed E-state index contributed by atoms with van der Waals surface area (Å²) in [6.07, 6.45) is 4.26. The van der Waals surface area contributed by atoms with Gasteiger partial charge in [-0.25, -0.2) is 14.8 Å². The molecule has 0 aliphatic rings. The molecule has 49 heavy (non-hydrogen) atoms. The molecule has 2 heterocycles. The number of imidazole rings is 1. The third kappa shape index (κ3) is 9.77. The number of carbonyl (C=O) groups is 3. The van der Waals surface area contributed by atoms with Gasteiger partial charge < -0.3 is 24.7 Å². The lowest BCUT2D eigenvalue weighted by Gasteiger charge is -2.34. The third-order valence-corrected chi connectivity index (χ3v) is 7.99. The minimum absolute atomic E-state index is 0.0369. The van der Waals surface area contributed by atoms with Gasteiger partial charge >= 0.3 is 6.09 Å². The number of nitrogens with zero attached hydrogens (tertiary/aromatic N) is 4. The number of anilines is 1. The van der Waals surface area contributed by atoms with Crippen LogP contribution in [0.4, 0.5) is 10.6 Å². The highest BCUT2D eigenvalue weighted by molar-refractivity contribution is 5.99. The number of rotatable bonds is 15. The molecule has 2 N–H and O–H groups in total. The molecule has 0 saturated carbocycles. The van der Waals surface area contributed by atoms with Crippen LogP contribution in [-0.2, 0) is 40.4 Å². The first kappa shape index (κ1) is 34.4. The molecule has 5 aromatic rings. The van der Waals surface area contributed by atoms with E-state index in [0.29, 0.717) is 30.4 Å². The van der Waals surface area contributed by atoms with Gasteiger partial charge in [0.15, 0.2) is 0 Å². The minimum Gasteiger partial charge on any atom is -0.489 e. The summed E-state index contributed by atoms with van der Waals surface area (Å²) in [5.41, 5.74) is 3.31. The Morgan fingerprint density at radius 1 is 0.796 bits per heavy atom. The number of hydrogen-bond acceptors (Lipinski definition) is 7. The molecule has 3 amide bonds. The van der Waals surface area contributed by atoms with Crippen molar-refractivity contribution in [2.75, 3.05) is 18.5 Å². The van der Waals surface area contributed by atoms with E-state index >= 15 is 0 Å². The van der Waals surface area contributed by atoms with Crippen LogP contribution in [0.5, 0.6) is 5.75 Å². The number of nitrogens with one attached hydrogen (secondary N) is 2. The van der Waals surface area contributed by atoms with E-state index in [1.165, 1.54) is 11.2 Å². The summed E-state index contributed by atoms with van der Waals surface area (Å²) in [6.45, 7) is 2.65. The van der Waals surface area contributed by atoms with E-state index in [1.54, 1.807) is 36.5 Å². The molecular weight excluding hydrogens is 620 g/mol. The van der Waals surface area contributed by atoms with Gasteiger partial charge in [0, 0.05) is 44.5 Å². The Morgan fingerprint density at radius 2 is 1.47 bits per heavy atom. The average molecular weight is 661 g/mol. The fraction of sp³-hybridized carbons (Fsp3) is 0.237. The standard InChI is InChI=1S/C38H40N6O5/c1-3-44(35-16-10-11-21-40-35)37(46)34(22-28-17-19-32(20-18-28)48-25-29-12-6-4-7-13-29)43(2)36(45)33(23-31-24-39-27-41-31)42-38(47)49-26-30-14-8-5-9-15-30/h4-21,24,27,33-34H,3,22-23,25-26H2,1-2H3,(H,39,41)(H,42,47). The first-order valence-electron chi connectivity index (χ1n) is 16.1. The van der Waals surface area contributed by atoms with E-state index in [9.17, 15) is 14.4 Å². The number of amides is 3. The van der Waals surface area contributed by atoms with Crippen molar-refractivity contribution in [2.24, 2.45) is 0 Å². The van der Waals surface area contributed by atoms with Crippen LogP contribution in [0.25, 0.3) is 0 Å². The topological polar surface area (TPSA) is 130 Å². The zero-order valence-corrected chi connectivity index (χ0v) is 27.6. The van der Waals surface area contributed by atoms with Gasteiger partial charge in [0.2, 0.25) is 5.91 Å². The lowest BCUT2D eigenvalue weighted by molar-refractivity contribution is -0.139. The molecule has 0 aliphatic carbocycles. The monoisotopic (exact) mass is 660 g/mol. The van der Waals surface area contributed by atoms with Gasteiger partial charge in [-0.05, 0) is 47.9 Å². The van der Waals surface area contributed by atoms with Gasteiger partial charge in [-0.3, -0.25) is 14.5 Å². The fourth-order valence-corrected chi connectivity index (χ4v) is 5.32. The molecule has 2 unspecified atom stereocenters. The number of alkyl carbamates (subject to hydrolysis) is 1. The third-order valence-electron chi connectivity index (χ3n) is 7.99. The smallest absolute Gasteiger partial charge is 0.408 e. The fourth-order valence-electron chi connectivity index (χ4n) is 5.32. The number of benzene rings is 3. The quantitative estimate of drug-likeness (QED) is 0.155. The summed E-state index contributed by atoms with van der Waals surface area (Å²) >= 11 is 0. The molecular formula is C38H40N6O5. The molecule has 0 saturated heterocycles. The number of hydrogen-bond donors (Lipinski definition) is 2. The Morgan fingerprint density at radius 3 is 2.08 bits per heavy atom. The van der Waals surface area contributed by atoms with E-state index < -0.39 is 24.1 Å². The van der Waals surface area contributed by atoms with Crippen LogP contribution in [0.3, 0.4) is 0 Å². The van der Waals surface area contributed by atoms with Gasteiger partial charge in [0.25, 0.3) is 5.91 Å². The molecule has 0 fully saturated rings. The Bertz CT molecular complexity index is 1750. The summed E-state index contributed by atoms with van der Waals surface area (Å²) in [7, 11) is 1.57. The number of pyridine rings is 1. The second-order valence-electron chi connectivity index (χ2n) is 11.4. The summed E-state index contributed by atoms with van der Waals surface area (Å²) in [4.78, 5) is 55.9. The van der Waals surface area contributed by atoms with Crippen molar-refractivity contribution in [3.8, 4) is 5.75 Å². The van der Waals surface area contributed by atoms with Crippen LogP contribution in [0, 0.1) is 0 Å². The van der Waals surface area contributed by atoms with Crippen molar-refractivity contribution in [3.05, 3.63) is 144 Å². The Kier molecular flexibility index (Phi) is 12.1. The molecule has 2 atom stereocenters. The Balaban J connectivity index is 1.36. The van der Waals surface area contributed by atoms with Crippen molar-refractivity contribution in [1.29, 1.82) is 0 Å². The maximum atomic E-state index is 14.3. The second kappa shape index (κ2) is 17.3. The molecule has 252 valence electrons. The van der Waals surface area contributed by atoms with Crippen LogP contribution >= 0.6 is 0 Å². The van der Waals surface area contributed by atoms with Crippen molar-refractivity contribution >= 4 is 23.7 Å². The van der Waals surface area contributed by atoms with Gasteiger partial charge in [0.05, 0.1) is 6.33 Å². The Hall–Kier alpha value is -5.97. The largest absolute Gasteiger partial charge is 0.489 e. The predicted octanol–water partition coefficient (Wildman–Crippen LogP) is 5.34. The van der Waals surface area contributed by atoms with Crippen LogP contribution in [-0.4, -0.2) is 63.4 Å². The van der Waals surface area contributed by atoms with Crippen LogP contribution in [0.1, 0.15) is 29.3 Å². The first-order valence-corrected chi connectivity index (χ1v) is 16.1. The number of aromatic amines is 1. The summed E-state index contributed by atoms with van der Waals surface area (Å²) in [5, 5.41) is 2.72. The lowest BCUT2D eigenvalue weighted by atomic mass is 10.0. The lowest BCUT2D eigenvalue weighted by Crippen LogP contribution is -2.56. The highest BCUT2D eigenvalue weighted by Crippen LogP contribution is 2.20. The maximum Gasteiger partial charge on any atom is 0.408 e. The minimum atomic E-state index is -1.05. The van der Waals surface area contributed by atoms with Crippen molar-refractivity contribution in [1.82, 2.24) is 25.2 Å². The summed E-state index contributed by atoms with van der Waals surface area (Å²) < 4.78 is 11.4. The van der Waals surface area contributed by atoms with Crippen LogP contribution < -0.4 is 15.0 Å². The zero-order valence-electron chi connectivity index (χ0n) is 27.6. The van der Waals surface area contributed by atoms with Gasteiger partial charge in [-0.1, -0.05) is 78.9 Å². The molecule has 11 heteroatoms. The van der Waals surface area contributed by atoms with Crippen molar-refractivity contribution < 1.29 is 23.9 Å². The summed E-state index contributed by atoms with van der Waals surface area (Å²) in [5.74, 6) is 0.376. The predicted molar refractivity (Wildman–Crippen MR) is 186 cm³/mol. The molecule has 3 aromatic carbocycles. The molecule has 0 bridgehead atoms. The number of aromatic nitrogens is 3. The SMILES string of the molecule is CCN(C(=O)C(Cc1ccc(OCc2ccccc2)cc1)N(C)C(=O)C(Cc1cnc[nH]1)NC(=O)OCc1ccccc1)c1ccccn1. The number of H-pyrrole nitrogens is 1. The van der Waals surface area contributed by atoms with E-state index in [1.807, 2.05) is 97.9 Å². The van der Waals surface area contributed by atoms with Gasteiger partial charge in [-0.15, -0.1) is 0 Å². The normalized spacial score (nSPS) is 12.0. The van der Waals surface area contributed by atoms with Crippen molar-refractivity contribution in [3.63, 3.8) is 0 Å². The number of likely N-dealkylation sites (N-methyl/N-ethyl adjacent to an activating group) is 2. The van der Waals surface area contributed by atoms with E-state index in [2.05, 4.69) is 20.3 Å². The van der Waals surface area contributed by atoms with Crippen LogP contribution in [0.15, 0.2) is 122 Å². The van der Waals surface area contributed by atoms with Gasteiger partial charge in [-0.2, -0.15) is 0 Å². The molecule has 11 nitrogen and oxygen atoms in total. The number of ether oxygens (including phenoxy) is 2. The van der Waals surface area contributed by atoms with Crippen LogP contribution in [0.2, 0.25) is 0 Å². The van der Waals surface area contributed by atoms with E-state index in [-0.39, 0.29) is 25.4 Å². The molecule has 5 rings (SSSR count). The molecule has 0 aliphatic heterocycles. The highest BCUT2D eigenvalue weighted by Gasteiger charge is 2.35. The average Bonchev–Trinajstić information content (AvgIpc) is 3.66. The first-order chi connectivity index (χ1) is 23.9. The second-order valence-corrected chi connectivity index (χ2v) is 11.4. The van der Waals surface area contributed by atoms with E-state index in [0.717, 1.165) is 16.7 Å². The summed E-state index contributed by atoms with van der Waals surface area (Å²) in [6, 6.07) is 30.0. The maximum absolute atomic E-state index is 14.3. The highest BCUT2D eigenvalue weighted by atomic mass is 16.5. The Labute approximate surface area is 285 Å². The van der Waals surface area contributed by atoms with Crippen molar-refractivity contribution in [2.45, 2.75) is 45.1 Å². The molecule has 0 radical (unpaired) electrons. The molecule has 0 spiro atoms.